The van der Waals surface area contributed by atoms with Gasteiger partial charge in [0.1, 0.15) is 11.6 Å². The van der Waals surface area contributed by atoms with Gasteiger partial charge >= 0.3 is 0 Å². The van der Waals surface area contributed by atoms with Gasteiger partial charge in [-0.2, -0.15) is 0 Å². The van der Waals surface area contributed by atoms with Crippen LogP contribution in [0.4, 0.5) is 10.1 Å². The third-order valence-corrected chi connectivity index (χ3v) is 5.46. The number of aromatic nitrogens is 2. The van der Waals surface area contributed by atoms with E-state index in [0.717, 1.165) is 48.3 Å². The summed E-state index contributed by atoms with van der Waals surface area (Å²) in [5.74, 6) is 1.74. The van der Waals surface area contributed by atoms with Gasteiger partial charge in [0.25, 0.3) is 0 Å². The number of nitrogens with zero attached hydrogens (tertiary/aromatic N) is 2. The van der Waals surface area contributed by atoms with E-state index < -0.39 is 0 Å². The lowest BCUT2D eigenvalue weighted by molar-refractivity contribution is 0.479. The van der Waals surface area contributed by atoms with Crippen molar-refractivity contribution in [1.82, 2.24) is 15.3 Å². The molecule has 154 valence electrons. The van der Waals surface area contributed by atoms with Crippen molar-refractivity contribution in [2.75, 3.05) is 5.32 Å². The maximum Gasteiger partial charge on any atom is 0.128 e. The van der Waals surface area contributed by atoms with Crippen LogP contribution in [0.1, 0.15) is 57.5 Å². The summed E-state index contributed by atoms with van der Waals surface area (Å²) in [4.78, 5) is 8.84. The van der Waals surface area contributed by atoms with E-state index in [1.165, 1.54) is 17.2 Å². The Kier molecular flexibility index (Phi) is 6.68. The normalized spacial score (nSPS) is 14.1. The van der Waals surface area contributed by atoms with Gasteiger partial charge in [-0.05, 0) is 60.1 Å². The van der Waals surface area contributed by atoms with Crippen LogP contribution in [0, 0.1) is 11.7 Å². The van der Waals surface area contributed by atoms with Crippen LogP contribution in [0.2, 0.25) is 0 Å². The Hall–Kier alpha value is -2.69. The highest BCUT2D eigenvalue weighted by molar-refractivity contribution is 5.76. The van der Waals surface area contributed by atoms with Crippen molar-refractivity contribution in [3.05, 3.63) is 71.3 Å². The molecule has 0 aliphatic heterocycles. The number of unbranched alkanes of at least 4 members (excludes halogenated alkanes) is 1. The van der Waals surface area contributed by atoms with Crippen molar-refractivity contribution in [1.29, 1.82) is 0 Å². The maximum atomic E-state index is 13.7. The number of aryl methyl sites for hydroxylation is 1. The Morgan fingerprint density at radius 2 is 1.97 bits per heavy atom. The van der Waals surface area contributed by atoms with Crippen molar-refractivity contribution in [2.45, 2.75) is 59.4 Å². The van der Waals surface area contributed by atoms with Crippen molar-refractivity contribution in [2.24, 2.45) is 5.92 Å². The average molecular weight is 395 g/mol. The summed E-state index contributed by atoms with van der Waals surface area (Å²) in [6.45, 7) is 12.7. The van der Waals surface area contributed by atoms with Crippen LogP contribution in [0.3, 0.4) is 0 Å². The summed E-state index contributed by atoms with van der Waals surface area (Å²) < 4.78 is 13.7. The lowest BCUT2D eigenvalue weighted by atomic mass is 9.92. The number of fused-ring (bicyclic) bond motifs is 1. The van der Waals surface area contributed by atoms with Gasteiger partial charge in [-0.1, -0.05) is 39.8 Å². The molecule has 1 atom stereocenters. The molecule has 1 heterocycles. The van der Waals surface area contributed by atoms with Crippen LogP contribution in [0.25, 0.3) is 5.57 Å². The van der Waals surface area contributed by atoms with E-state index in [-0.39, 0.29) is 11.9 Å². The van der Waals surface area contributed by atoms with Crippen molar-refractivity contribution >= 4 is 11.3 Å². The zero-order valence-corrected chi connectivity index (χ0v) is 17.8. The van der Waals surface area contributed by atoms with E-state index in [1.807, 2.05) is 6.07 Å². The zero-order valence-electron chi connectivity index (χ0n) is 17.8. The number of hydrogen-bond donors (Lipinski definition) is 2. The van der Waals surface area contributed by atoms with E-state index >= 15 is 0 Å². The second-order valence-electron chi connectivity index (χ2n) is 8.09. The fraction of sp³-hybridized carbons (Fsp3) is 0.417. The van der Waals surface area contributed by atoms with Gasteiger partial charge in [-0.3, -0.25) is 0 Å². The lowest BCUT2D eigenvalue weighted by Gasteiger charge is -2.27. The Morgan fingerprint density at radius 3 is 2.62 bits per heavy atom. The second kappa shape index (κ2) is 9.21. The standard InChI is InChI=1S/C24H31FN4/c1-6-7-8-23-26-13-20(14-27-23)28-17(5)29-24(15(2)3)22-11-18-9-10-19(25)12-21(18)16(22)4/h9-10,12-15,24,28-29H,5-8,11H2,1-4H3. The van der Waals surface area contributed by atoms with E-state index in [1.54, 1.807) is 18.5 Å². The van der Waals surface area contributed by atoms with Gasteiger partial charge in [0, 0.05) is 6.42 Å². The van der Waals surface area contributed by atoms with Crippen LogP contribution < -0.4 is 10.6 Å². The molecule has 2 N–H and O–H groups in total. The van der Waals surface area contributed by atoms with Crippen LogP contribution in [0.15, 0.2) is 48.6 Å². The molecule has 1 aromatic heterocycles. The first kappa shape index (κ1) is 21.0. The van der Waals surface area contributed by atoms with E-state index in [4.69, 9.17) is 0 Å². The molecule has 0 bridgehead atoms. The number of nitrogens with one attached hydrogen (secondary N) is 2. The fourth-order valence-corrected chi connectivity index (χ4v) is 3.84. The first-order valence-corrected chi connectivity index (χ1v) is 10.4. The Bertz CT molecular complexity index is 900. The quantitative estimate of drug-likeness (QED) is 0.591. The largest absolute Gasteiger partial charge is 0.365 e. The van der Waals surface area contributed by atoms with Gasteiger partial charge in [0.05, 0.1) is 29.9 Å². The summed E-state index contributed by atoms with van der Waals surface area (Å²) in [6, 6.07) is 5.18. The number of rotatable bonds is 9. The predicted molar refractivity (Wildman–Crippen MR) is 118 cm³/mol. The average Bonchev–Trinajstić information content (AvgIpc) is 3.01. The van der Waals surface area contributed by atoms with E-state index in [0.29, 0.717) is 11.7 Å². The first-order chi connectivity index (χ1) is 13.9. The molecule has 0 saturated heterocycles. The second-order valence-corrected chi connectivity index (χ2v) is 8.09. The first-order valence-electron chi connectivity index (χ1n) is 10.4. The Labute approximate surface area is 173 Å². The molecule has 1 aliphatic carbocycles. The highest BCUT2D eigenvalue weighted by Gasteiger charge is 2.27. The summed E-state index contributed by atoms with van der Waals surface area (Å²) in [6.07, 6.45) is 7.56. The van der Waals surface area contributed by atoms with Gasteiger partial charge in [0.15, 0.2) is 0 Å². The monoisotopic (exact) mass is 394 g/mol. The molecule has 0 fully saturated rings. The van der Waals surface area contributed by atoms with Crippen molar-refractivity contribution in [3.63, 3.8) is 0 Å². The Balaban J connectivity index is 1.69. The molecule has 0 saturated carbocycles. The van der Waals surface area contributed by atoms with Crippen LogP contribution in [0.5, 0.6) is 0 Å². The van der Waals surface area contributed by atoms with Crippen LogP contribution in [-0.4, -0.2) is 16.0 Å². The number of allylic oxidation sites excluding steroid dienone is 1. The minimum atomic E-state index is -0.188. The Morgan fingerprint density at radius 1 is 1.24 bits per heavy atom. The molecule has 29 heavy (non-hydrogen) atoms. The minimum absolute atomic E-state index is 0.107. The van der Waals surface area contributed by atoms with Crippen LogP contribution in [-0.2, 0) is 12.8 Å². The number of anilines is 1. The summed E-state index contributed by atoms with van der Waals surface area (Å²) in [7, 11) is 0. The smallest absolute Gasteiger partial charge is 0.128 e. The third kappa shape index (κ3) is 5.03. The fourth-order valence-electron chi connectivity index (χ4n) is 3.84. The van der Waals surface area contributed by atoms with E-state index in [9.17, 15) is 4.39 Å². The summed E-state index contributed by atoms with van der Waals surface area (Å²) in [5, 5.41) is 6.79. The molecule has 1 unspecified atom stereocenters. The molecule has 4 nitrogen and oxygen atoms in total. The summed E-state index contributed by atoms with van der Waals surface area (Å²) >= 11 is 0. The van der Waals surface area contributed by atoms with Gasteiger partial charge < -0.3 is 10.6 Å². The van der Waals surface area contributed by atoms with E-state index in [2.05, 4.69) is 54.9 Å². The van der Waals surface area contributed by atoms with Gasteiger partial charge in [-0.15, -0.1) is 0 Å². The topological polar surface area (TPSA) is 49.8 Å². The van der Waals surface area contributed by atoms with Crippen LogP contribution >= 0.6 is 0 Å². The number of halogens is 1. The molecule has 1 aromatic carbocycles. The molecular weight excluding hydrogens is 363 g/mol. The number of benzene rings is 1. The molecule has 5 heteroatoms. The zero-order chi connectivity index (χ0) is 21.0. The minimum Gasteiger partial charge on any atom is -0.365 e. The maximum absolute atomic E-state index is 13.7. The molecule has 3 rings (SSSR count). The van der Waals surface area contributed by atoms with Gasteiger partial charge in [-0.25, -0.2) is 14.4 Å². The molecular formula is C24H31FN4. The van der Waals surface area contributed by atoms with Gasteiger partial charge in [0.2, 0.25) is 0 Å². The molecule has 0 radical (unpaired) electrons. The van der Waals surface area contributed by atoms with Crippen molar-refractivity contribution < 1.29 is 4.39 Å². The highest BCUT2D eigenvalue weighted by atomic mass is 19.1. The molecule has 2 aromatic rings. The molecule has 1 aliphatic rings. The number of hydrogen-bond acceptors (Lipinski definition) is 4. The lowest BCUT2D eigenvalue weighted by Crippen LogP contribution is -2.37. The highest BCUT2D eigenvalue weighted by Crippen LogP contribution is 2.36. The third-order valence-electron chi connectivity index (χ3n) is 5.46. The summed E-state index contributed by atoms with van der Waals surface area (Å²) in [5.41, 5.74) is 5.45. The molecule has 0 spiro atoms. The predicted octanol–water partition coefficient (Wildman–Crippen LogP) is 5.49. The molecule has 0 amide bonds. The SMILES string of the molecule is C=C(Nc1cnc(CCCC)nc1)NC(C1=C(C)c2cc(F)ccc2C1)C(C)C. The van der Waals surface area contributed by atoms with Crippen molar-refractivity contribution in [3.8, 4) is 0 Å².